The number of halogens is 1. The zero-order chi connectivity index (χ0) is 12.6. The van der Waals surface area contributed by atoms with Crippen molar-refractivity contribution < 1.29 is 4.92 Å². The van der Waals surface area contributed by atoms with Crippen LogP contribution in [-0.4, -0.2) is 14.7 Å². The Balaban J connectivity index is 2.74. The van der Waals surface area contributed by atoms with Gasteiger partial charge in [0.05, 0.1) is 16.5 Å². The van der Waals surface area contributed by atoms with E-state index in [9.17, 15) is 10.1 Å². The summed E-state index contributed by atoms with van der Waals surface area (Å²) in [4.78, 5) is 10.2. The van der Waals surface area contributed by atoms with E-state index < -0.39 is 11.0 Å². The van der Waals surface area contributed by atoms with Crippen molar-refractivity contribution in [3.8, 4) is 6.07 Å². The van der Waals surface area contributed by atoms with E-state index in [4.69, 9.17) is 16.9 Å². The van der Waals surface area contributed by atoms with Crippen LogP contribution in [-0.2, 0) is 0 Å². The van der Waals surface area contributed by atoms with Crippen LogP contribution in [0.3, 0.4) is 0 Å². The van der Waals surface area contributed by atoms with Gasteiger partial charge in [0.25, 0.3) is 5.69 Å². The lowest BCUT2D eigenvalue weighted by Crippen LogP contribution is -2.04. The fourth-order valence-corrected chi connectivity index (χ4v) is 1.79. The number of aromatic nitrogens is 2. The third kappa shape index (κ3) is 1.81. The van der Waals surface area contributed by atoms with Gasteiger partial charge in [0.2, 0.25) is 0 Å². The average molecular weight is 251 g/mol. The zero-order valence-corrected chi connectivity index (χ0v) is 9.55. The molecule has 0 aliphatic rings. The van der Waals surface area contributed by atoms with Crippen molar-refractivity contribution in [2.45, 2.75) is 13.0 Å². The number of non-ortho nitro benzene ring substituents is 1. The van der Waals surface area contributed by atoms with Gasteiger partial charge in [-0.2, -0.15) is 10.4 Å². The number of nitriles is 1. The zero-order valence-electron chi connectivity index (χ0n) is 8.79. The van der Waals surface area contributed by atoms with Crippen molar-refractivity contribution in [2.24, 2.45) is 0 Å². The molecule has 0 aliphatic carbocycles. The van der Waals surface area contributed by atoms with Crippen LogP contribution >= 0.6 is 11.6 Å². The molecule has 1 aromatic heterocycles. The Morgan fingerprint density at radius 3 is 2.94 bits per heavy atom. The molecule has 0 radical (unpaired) electrons. The molecular formula is C10H7ClN4O2. The monoisotopic (exact) mass is 250 g/mol. The molecule has 86 valence electrons. The fourth-order valence-electron chi connectivity index (χ4n) is 1.55. The van der Waals surface area contributed by atoms with E-state index in [0.29, 0.717) is 10.9 Å². The molecule has 17 heavy (non-hydrogen) atoms. The molecule has 2 aromatic rings. The van der Waals surface area contributed by atoms with Crippen molar-refractivity contribution in [1.29, 1.82) is 5.26 Å². The second kappa shape index (κ2) is 4.03. The summed E-state index contributed by atoms with van der Waals surface area (Å²) in [6, 6.07) is 5.72. The highest BCUT2D eigenvalue weighted by Crippen LogP contribution is 2.28. The first kappa shape index (κ1) is 11.4. The predicted molar refractivity (Wildman–Crippen MR) is 61.7 cm³/mol. The normalized spacial score (nSPS) is 12.3. The van der Waals surface area contributed by atoms with Gasteiger partial charge in [-0.3, -0.25) is 10.1 Å². The first-order valence-electron chi connectivity index (χ1n) is 4.76. The molecule has 1 heterocycles. The molecule has 0 saturated heterocycles. The maximum Gasteiger partial charge on any atom is 0.271 e. The molecule has 0 N–H and O–H groups in total. The number of nitro benzene ring substituents is 1. The molecule has 7 heteroatoms. The Kier molecular flexibility index (Phi) is 2.69. The van der Waals surface area contributed by atoms with Crippen LogP contribution in [0, 0.1) is 21.4 Å². The van der Waals surface area contributed by atoms with Gasteiger partial charge in [-0.05, 0) is 13.0 Å². The van der Waals surface area contributed by atoms with Crippen molar-refractivity contribution in [3.05, 3.63) is 33.5 Å². The lowest BCUT2D eigenvalue weighted by molar-refractivity contribution is -0.384. The Morgan fingerprint density at radius 1 is 1.65 bits per heavy atom. The molecule has 0 bridgehead atoms. The van der Waals surface area contributed by atoms with Crippen LogP contribution in [0.15, 0.2) is 18.2 Å². The van der Waals surface area contributed by atoms with E-state index in [0.717, 1.165) is 0 Å². The summed E-state index contributed by atoms with van der Waals surface area (Å²) < 4.78 is 1.38. The molecule has 0 fully saturated rings. The number of hydrogen-bond donors (Lipinski definition) is 0. The van der Waals surface area contributed by atoms with Crippen LogP contribution in [0.1, 0.15) is 13.0 Å². The number of benzene rings is 1. The van der Waals surface area contributed by atoms with Gasteiger partial charge in [-0.25, -0.2) is 4.68 Å². The smallest absolute Gasteiger partial charge is 0.258 e. The highest BCUT2D eigenvalue weighted by Gasteiger charge is 2.16. The standard InChI is InChI=1S/C10H7ClN4O2/c1-6(5-12)14-9-4-7(15(16)17)2-3-8(9)10(11)13-14/h2-4,6H,1H3. The summed E-state index contributed by atoms with van der Waals surface area (Å²) in [5.74, 6) is 0. The van der Waals surface area contributed by atoms with E-state index in [1.54, 1.807) is 6.92 Å². The molecule has 0 spiro atoms. The summed E-state index contributed by atoms with van der Waals surface area (Å²) in [5, 5.41) is 24.4. The Bertz CT molecular complexity index is 644. The third-order valence-corrected chi connectivity index (χ3v) is 2.69. The maximum atomic E-state index is 10.7. The van der Waals surface area contributed by atoms with Crippen LogP contribution in [0.2, 0.25) is 5.15 Å². The minimum absolute atomic E-state index is 0.0551. The van der Waals surface area contributed by atoms with E-state index in [1.807, 2.05) is 6.07 Å². The number of rotatable bonds is 2. The molecule has 1 atom stereocenters. The van der Waals surface area contributed by atoms with Crippen LogP contribution in [0.4, 0.5) is 5.69 Å². The Hall–Kier alpha value is -2.13. The predicted octanol–water partition coefficient (Wildman–Crippen LogP) is 2.68. The van der Waals surface area contributed by atoms with Gasteiger partial charge in [-0.15, -0.1) is 0 Å². The lowest BCUT2D eigenvalue weighted by Gasteiger charge is -2.03. The minimum Gasteiger partial charge on any atom is -0.258 e. The van der Waals surface area contributed by atoms with Crippen LogP contribution in [0.5, 0.6) is 0 Å². The SMILES string of the molecule is CC(C#N)n1nc(Cl)c2ccc([N+](=O)[O-])cc21. The summed E-state index contributed by atoms with van der Waals surface area (Å²) in [5.41, 5.74) is 0.429. The average Bonchev–Trinajstić information content (AvgIpc) is 2.65. The molecule has 0 amide bonds. The summed E-state index contributed by atoms with van der Waals surface area (Å²) >= 11 is 5.90. The van der Waals surface area contributed by atoms with Crippen LogP contribution < -0.4 is 0 Å². The number of fused-ring (bicyclic) bond motifs is 1. The van der Waals surface area contributed by atoms with Crippen molar-refractivity contribution in [3.63, 3.8) is 0 Å². The molecule has 1 unspecified atom stereocenters. The van der Waals surface area contributed by atoms with Crippen molar-refractivity contribution >= 4 is 28.2 Å². The molecule has 0 aliphatic heterocycles. The third-order valence-electron chi connectivity index (χ3n) is 2.41. The van der Waals surface area contributed by atoms with E-state index >= 15 is 0 Å². The minimum atomic E-state index is -0.535. The molecule has 1 aromatic carbocycles. The van der Waals surface area contributed by atoms with Gasteiger partial charge in [0.15, 0.2) is 5.15 Å². The van der Waals surface area contributed by atoms with Crippen molar-refractivity contribution in [1.82, 2.24) is 9.78 Å². The lowest BCUT2D eigenvalue weighted by atomic mass is 10.2. The highest BCUT2D eigenvalue weighted by molar-refractivity contribution is 6.34. The van der Waals surface area contributed by atoms with Gasteiger partial charge >= 0.3 is 0 Å². The largest absolute Gasteiger partial charge is 0.271 e. The van der Waals surface area contributed by atoms with E-state index in [1.165, 1.54) is 22.9 Å². The van der Waals surface area contributed by atoms with Gasteiger partial charge < -0.3 is 0 Å². The second-order valence-corrected chi connectivity index (χ2v) is 3.86. The molecule has 2 rings (SSSR count). The molecular weight excluding hydrogens is 244 g/mol. The molecule has 0 saturated carbocycles. The first-order valence-corrected chi connectivity index (χ1v) is 5.14. The maximum absolute atomic E-state index is 10.7. The molecule has 6 nitrogen and oxygen atoms in total. The van der Waals surface area contributed by atoms with Crippen LogP contribution in [0.25, 0.3) is 10.9 Å². The second-order valence-electron chi connectivity index (χ2n) is 3.50. The van der Waals surface area contributed by atoms with E-state index in [-0.39, 0.29) is 10.8 Å². The Morgan fingerprint density at radius 2 is 2.35 bits per heavy atom. The summed E-state index contributed by atoms with van der Waals surface area (Å²) in [7, 11) is 0. The number of nitro groups is 1. The number of hydrogen-bond acceptors (Lipinski definition) is 4. The van der Waals surface area contributed by atoms with E-state index in [2.05, 4.69) is 5.10 Å². The van der Waals surface area contributed by atoms with Gasteiger partial charge in [0, 0.05) is 17.5 Å². The van der Waals surface area contributed by atoms with Crippen molar-refractivity contribution in [2.75, 3.05) is 0 Å². The Labute approximate surface area is 101 Å². The topological polar surface area (TPSA) is 84.8 Å². The highest BCUT2D eigenvalue weighted by atomic mass is 35.5. The van der Waals surface area contributed by atoms with Gasteiger partial charge in [-0.1, -0.05) is 11.6 Å². The fraction of sp³-hybridized carbons (Fsp3) is 0.200. The number of nitrogens with zero attached hydrogens (tertiary/aromatic N) is 4. The quantitative estimate of drug-likeness (QED) is 0.606. The van der Waals surface area contributed by atoms with Gasteiger partial charge in [0.1, 0.15) is 6.04 Å². The summed E-state index contributed by atoms with van der Waals surface area (Å²) in [6.07, 6.45) is 0. The first-order chi connectivity index (χ1) is 8.04. The summed E-state index contributed by atoms with van der Waals surface area (Å²) in [6.45, 7) is 1.64.